The monoisotopic (exact) mass is 928 g/mol. The first kappa shape index (κ1) is 41.6. The molecule has 2 heterocycles. The summed E-state index contributed by atoms with van der Waals surface area (Å²) in [5.41, 5.74) is 16.1. The Morgan fingerprint density at radius 2 is 0.514 bits per heavy atom. The minimum atomic E-state index is 1.08. The zero-order valence-corrected chi connectivity index (χ0v) is 39.7. The van der Waals surface area contributed by atoms with E-state index in [2.05, 4.69) is 277 Å². The van der Waals surface area contributed by atoms with E-state index in [-0.39, 0.29) is 0 Å². The Morgan fingerprint density at radius 3 is 0.929 bits per heavy atom. The molecule has 11 aromatic carbocycles. The fourth-order valence-electron chi connectivity index (χ4n) is 10.2. The first-order chi connectivity index (χ1) is 34.7. The van der Waals surface area contributed by atoms with Crippen molar-refractivity contribution in [3.05, 3.63) is 267 Å². The van der Waals surface area contributed by atoms with E-state index in [1.54, 1.807) is 0 Å². The van der Waals surface area contributed by atoms with Crippen molar-refractivity contribution in [3.63, 3.8) is 0 Å². The van der Waals surface area contributed by atoms with Gasteiger partial charge in [-0.15, -0.1) is 22.7 Å². The second kappa shape index (κ2) is 17.8. The van der Waals surface area contributed by atoms with E-state index >= 15 is 0 Å². The van der Waals surface area contributed by atoms with E-state index in [1.165, 1.54) is 73.7 Å². The maximum Gasteiger partial charge on any atom is 0.0555 e. The number of fused-ring (bicyclic) bond motifs is 6. The highest BCUT2D eigenvalue weighted by atomic mass is 32.1. The van der Waals surface area contributed by atoms with Crippen LogP contribution in [-0.4, -0.2) is 0 Å². The number of rotatable bonds is 10. The lowest BCUT2D eigenvalue weighted by Gasteiger charge is -2.32. The highest BCUT2D eigenvalue weighted by molar-refractivity contribution is 7.26. The van der Waals surface area contributed by atoms with E-state index in [9.17, 15) is 0 Å². The summed E-state index contributed by atoms with van der Waals surface area (Å²) in [6.45, 7) is 0. The smallest absolute Gasteiger partial charge is 0.0555 e. The Morgan fingerprint density at radius 1 is 0.214 bits per heavy atom. The number of thiophene rings is 2. The molecule has 0 aliphatic heterocycles. The van der Waals surface area contributed by atoms with Crippen LogP contribution in [0.15, 0.2) is 267 Å². The molecule has 13 aromatic rings. The van der Waals surface area contributed by atoms with Crippen molar-refractivity contribution in [1.29, 1.82) is 0 Å². The first-order valence-electron chi connectivity index (χ1n) is 23.7. The fraction of sp³-hybridized carbons (Fsp3) is 0. The van der Waals surface area contributed by atoms with Gasteiger partial charge in [-0.2, -0.15) is 0 Å². The number of para-hydroxylation sites is 2. The fourth-order valence-corrected chi connectivity index (χ4v) is 12.5. The first-order valence-corrected chi connectivity index (χ1v) is 25.4. The number of benzene rings is 11. The molecule has 0 saturated heterocycles. The average molecular weight is 929 g/mol. The molecule has 0 spiro atoms. The minimum absolute atomic E-state index is 1.08. The highest BCUT2D eigenvalue weighted by Gasteiger charge is 2.26. The summed E-state index contributed by atoms with van der Waals surface area (Å²) in [4.78, 5) is 4.97. The van der Waals surface area contributed by atoms with E-state index in [0.29, 0.717) is 0 Å². The summed E-state index contributed by atoms with van der Waals surface area (Å²) >= 11 is 3.71. The van der Waals surface area contributed by atoms with Gasteiger partial charge in [0.15, 0.2) is 0 Å². The van der Waals surface area contributed by atoms with Gasteiger partial charge in [0, 0.05) is 62.8 Å². The van der Waals surface area contributed by atoms with Crippen molar-refractivity contribution in [2.75, 3.05) is 9.80 Å². The summed E-state index contributed by atoms with van der Waals surface area (Å²) < 4.78 is 5.09. The Balaban J connectivity index is 1.00. The van der Waals surface area contributed by atoms with Crippen LogP contribution in [-0.2, 0) is 0 Å². The molecule has 0 fully saturated rings. The zero-order chi connectivity index (χ0) is 46.4. The molecule has 4 heteroatoms. The summed E-state index contributed by atoms with van der Waals surface area (Å²) in [5.74, 6) is 0. The Hall–Kier alpha value is -8.54. The van der Waals surface area contributed by atoms with Crippen LogP contribution in [0.3, 0.4) is 0 Å². The van der Waals surface area contributed by atoms with E-state index < -0.39 is 0 Å². The largest absolute Gasteiger partial charge is 0.309 e. The SMILES string of the molecule is c1ccc(-c2ccc(-c3ccc(N(c4ccccc4-c4ccccc4N(c4ccc(-c5ccccc5)cc4)c4cccc5sc6ccccc6c45)c4cccc5sc6ccccc6c45)cc3)cc2)cc1. The summed E-state index contributed by atoms with van der Waals surface area (Å²) in [7, 11) is 0. The zero-order valence-electron chi connectivity index (χ0n) is 38.1. The molecule has 2 nitrogen and oxygen atoms in total. The summed E-state index contributed by atoms with van der Waals surface area (Å²) in [6, 6.07) is 97.5. The predicted molar refractivity (Wildman–Crippen MR) is 303 cm³/mol. The molecule has 330 valence electrons. The van der Waals surface area contributed by atoms with Crippen LogP contribution < -0.4 is 9.80 Å². The maximum atomic E-state index is 2.49. The summed E-state index contributed by atoms with van der Waals surface area (Å²) in [5, 5.41) is 5.03. The molecule has 2 aromatic heterocycles. The number of nitrogens with zero attached hydrogens (tertiary/aromatic N) is 2. The standard InChI is InChI=1S/C66H44N2S2/c1-3-17-45(18-4-1)47-33-35-48(36-34-47)50-39-43-52(44-40-50)68(60-28-16-32-64-66(60)56-24-10-14-30-62(56)70-64)58-26-12-8-22-54(58)53-21-7-11-25-57(53)67(51-41-37-49(38-42-51)46-19-5-2-6-20-46)59-27-15-31-63-65(59)55-23-9-13-29-61(55)69-63/h1-44H. The van der Waals surface area contributed by atoms with Crippen LogP contribution in [0, 0.1) is 0 Å². The number of hydrogen-bond acceptors (Lipinski definition) is 4. The lowest BCUT2D eigenvalue weighted by atomic mass is 9.97. The van der Waals surface area contributed by atoms with Crippen LogP contribution in [0.25, 0.3) is 84.9 Å². The van der Waals surface area contributed by atoms with Crippen molar-refractivity contribution in [3.8, 4) is 44.5 Å². The molecule has 0 atom stereocenters. The van der Waals surface area contributed by atoms with Crippen molar-refractivity contribution in [2.24, 2.45) is 0 Å². The number of anilines is 6. The van der Waals surface area contributed by atoms with Crippen molar-refractivity contribution in [2.45, 2.75) is 0 Å². The van der Waals surface area contributed by atoms with Crippen molar-refractivity contribution >= 4 is 97.1 Å². The van der Waals surface area contributed by atoms with Crippen LogP contribution in [0.4, 0.5) is 34.1 Å². The molecule has 0 unspecified atom stereocenters. The van der Waals surface area contributed by atoms with Gasteiger partial charge in [0.2, 0.25) is 0 Å². The van der Waals surface area contributed by atoms with Gasteiger partial charge in [-0.3, -0.25) is 0 Å². The third-order valence-corrected chi connectivity index (χ3v) is 15.8. The molecular formula is C66H44N2S2. The second-order valence-electron chi connectivity index (χ2n) is 17.6. The lowest BCUT2D eigenvalue weighted by molar-refractivity contribution is 1.28. The van der Waals surface area contributed by atoms with Gasteiger partial charge in [0.25, 0.3) is 0 Å². The van der Waals surface area contributed by atoms with Gasteiger partial charge >= 0.3 is 0 Å². The van der Waals surface area contributed by atoms with Crippen LogP contribution in [0.5, 0.6) is 0 Å². The third kappa shape index (κ3) is 7.42. The van der Waals surface area contributed by atoms with E-state index in [4.69, 9.17) is 0 Å². The van der Waals surface area contributed by atoms with Gasteiger partial charge in [0.05, 0.1) is 22.7 Å². The topological polar surface area (TPSA) is 6.48 Å². The van der Waals surface area contributed by atoms with Crippen molar-refractivity contribution in [1.82, 2.24) is 0 Å². The van der Waals surface area contributed by atoms with Crippen molar-refractivity contribution < 1.29 is 0 Å². The van der Waals surface area contributed by atoms with Gasteiger partial charge < -0.3 is 9.80 Å². The molecule has 0 amide bonds. The minimum Gasteiger partial charge on any atom is -0.309 e. The Labute approximate surface area is 415 Å². The third-order valence-electron chi connectivity index (χ3n) is 13.5. The van der Waals surface area contributed by atoms with Crippen LogP contribution in [0.2, 0.25) is 0 Å². The normalized spacial score (nSPS) is 11.4. The van der Waals surface area contributed by atoms with Gasteiger partial charge in [0.1, 0.15) is 0 Å². The maximum absolute atomic E-state index is 2.49. The highest BCUT2D eigenvalue weighted by Crippen LogP contribution is 2.51. The lowest BCUT2D eigenvalue weighted by Crippen LogP contribution is -2.14. The molecule has 0 aliphatic carbocycles. The second-order valence-corrected chi connectivity index (χ2v) is 19.8. The molecule has 70 heavy (non-hydrogen) atoms. The Kier molecular flexibility index (Phi) is 10.6. The van der Waals surface area contributed by atoms with Crippen LogP contribution >= 0.6 is 22.7 Å². The van der Waals surface area contributed by atoms with Crippen LogP contribution in [0.1, 0.15) is 0 Å². The average Bonchev–Trinajstić information content (AvgIpc) is 4.02. The number of hydrogen-bond donors (Lipinski definition) is 0. The molecule has 0 radical (unpaired) electrons. The quantitative estimate of drug-likeness (QED) is 0.135. The molecule has 13 rings (SSSR count). The predicted octanol–water partition coefficient (Wildman–Crippen LogP) is 20.0. The van der Waals surface area contributed by atoms with Gasteiger partial charge in [-0.05, 0) is 106 Å². The molecule has 0 aliphatic rings. The Bertz CT molecular complexity index is 3990. The summed E-state index contributed by atoms with van der Waals surface area (Å²) in [6.07, 6.45) is 0. The molecule has 0 bridgehead atoms. The molecular weight excluding hydrogens is 885 g/mol. The van der Waals surface area contributed by atoms with E-state index in [0.717, 1.165) is 45.3 Å². The molecule has 0 saturated carbocycles. The van der Waals surface area contributed by atoms with Gasteiger partial charge in [-0.1, -0.05) is 194 Å². The van der Waals surface area contributed by atoms with Gasteiger partial charge in [-0.25, -0.2) is 0 Å². The molecule has 0 N–H and O–H groups in total. The van der Waals surface area contributed by atoms with E-state index in [1.807, 2.05) is 22.7 Å².